The number of esters is 1. The van der Waals surface area contributed by atoms with E-state index in [4.69, 9.17) is 4.74 Å². The van der Waals surface area contributed by atoms with Crippen LogP contribution in [0.25, 0.3) is 0 Å². The number of nitrogens with one attached hydrogen (secondary N) is 2. The summed E-state index contributed by atoms with van der Waals surface area (Å²) in [5.74, 6) is -3.15. The molecule has 0 saturated carbocycles. The second-order valence-electron chi connectivity index (χ2n) is 9.56. The number of likely N-dealkylation sites (N-methyl/N-ethyl adjacent to an activating group) is 1. The molecule has 4 N–H and O–H groups in total. The summed E-state index contributed by atoms with van der Waals surface area (Å²) in [6.07, 6.45) is -0.298. The number of ether oxygens (including phenoxy) is 1. The van der Waals surface area contributed by atoms with E-state index in [1.54, 1.807) is 32.9 Å². The van der Waals surface area contributed by atoms with Crippen LogP contribution >= 0.6 is 11.8 Å². The van der Waals surface area contributed by atoms with E-state index in [0.717, 1.165) is 4.90 Å². The maximum atomic E-state index is 13.0. The summed E-state index contributed by atoms with van der Waals surface area (Å²) < 4.78 is 5.26. The van der Waals surface area contributed by atoms with E-state index < -0.39 is 41.3 Å². The van der Waals surface area contributed by atoms with Crippen molar-refractivity contribution in [2.45, 2.75) is 70.4 Å². The standard InChI is InChI=1S/C24H37N3O7S/c1-15(2)11-16(12-20(29)27(33)14-35-18-9-7-17(28)8-10-18)22(31)26-19(23(32)25-6)13-21(30)34-24(3,4)5/h7-10,15-16,19,28,33H,11-14H2,1-6H3,(H,25,32)(H,26,31)/t16-,19+/m1/s1. The molecule has 10 nitrogen and oxygen atoms in total. The molecule has 1 rings (SSSR count). The number of hydrogen-bond donors (Lipinski definition) is 4. The molecule has 0 aliphatic carbocycles. The molecule has 0 aromatic heterocycles. The predicted molar refractivity (Wildman–Crippen MR) is 131 cm³/mol. The summed E-state index contributed by atoms with van der Waals surface area (Å²) in [5, 5.41) is 25.1. The van der Waals surface area contributed by atoms with Crippen LogP contribution in [0.15, 0.2) is 29.2 Å². The number of hydroxylamine groups is 2. The van der Waals surface area contributed by atoms with Gasteiger partial charge in [0.1, 0.15) is 17.4 Å². The van der Waals surface area contributed by atoms with Crippen LogP contribution in [0, 0.1) is 11.8 Å². The molecule has 1 aromatic carbocycles. The van der Waals surface area contributed by atoms with E-state index in [1.807, 2.05) is 13.8 Å². The van der Waals surface area contributed by atoms with Gasteiger partial charge in [0.15, 0.2) is 0 Å². The van der Waals surface area contributed by atoms with E-state index in [2.05, 4.69) is 10.6 Å². The molecule has 3 amide bonds. The van der Waals surface area contributed by atoms with Crippen molar-refractivity contribution in [1.82, 2.24) is 15.7 Å². The molecule has 0 radical (unpaired) electrons. The zero-order chi connectivity index (χ0) is 26.8. The number of thioether (sulfide) groups is 1. The van der Waals surface area contributed by atoms with E-state index in [-0.39, 0.29) is 30.4 Å². The maximum absolute atomic E-state index is 13.0. The fraction of sp³-hybridized carbons (Fsp3) is 0.583. The van der Waals surface area contributed by atoms with Crippen molar-refractivity contribution in [3.05, 3.63) is 24.3 Å². The van der Waals surface area contributed by atoms with Crippen molar-refractivity contribution in [1.29, 1.82) is 0 Å². The van der Waals surface area contributed by atoms with Gasteiger partial charge in [0.05, 0.1) is 12.3 Å². The molecular formula is C24H37N3O7S. The fourth-order valence-corrected chi connectivity index (χ4v) is 3.89. The Kier molecular flexibility index (Phi) is 12.0. The van der Waals surface area contributed by atoms with Gasteiger partial charge in [-0.3, -0.25) is 24.4 Å². The number of carbonyl (C=O) groups is 4. The van der Waals surface area contributed by atoms with Gasteiger partial charge in [-0.15, -0.1) is 11.8 Å². The largest absolute Gasteiger partial charge is 0.508 e. The second-order valence-corrected chi connectivity index (χ2v) is 10.6. The van der Waals surface area contributed by atoms with Crippen LogP contribution < -0.4 is 10.6 Å². The highest BCUT2D eigenvalue weighted by atomic mass is 32.2. The first-order chi connectivity index (χ1) is 16.2. The minimum absolute atomic E-state index is 0.0568. The summed E-state index contributed by atoms with van der Waals surface area (Å²) in [6, 6.07) is 5.13. The van der Waals surface area contributed by atoms with Gasteiger partial charge in [-0.1, -0.05) is 13.8 Å². The predicted octanol–water partition coefficient (Wildman–Crippen LogP) is 2.67. The van der Waals surface area contributed by atoms with Crippen LogP contribution in [-0.4, -0.2) is 63.6 Å². The topological polar surface area (TPSA) is 145 Å². The number of phenols is 1. The van der Waals surface area contributed by atoms with E-state index in [0.29, 0.717) is 11.5 Å². The summed E-state index contributed by atoms with van der Waals surface area (Å²) in [4.78, 5) is 50.9. The first-order valence-corrected chi connectivity index (χ1v) is 12.3. The molecule has 0 bridgehead atoms. The third-order valence-corrected chi connectivity index (χ3v) is 5.68. The Morgan fingerprint density at radius 2 is 1.66 bits per heavy atom. The van der Waals surface area contributed by atoms with E-state index >= 15 is 0 Å². The van der Waals surface area contributed by atoms with Gasteiger partial charge in [0.25, 0.3) is 0 Å². The Morgan fingerprint density at radius 3 is 2.17 bits per heavy atom. The highest BCUT2D eigenvalue weighted by molar-refractivity contribution is 7.99. The molecule has 35 heavy (non-hydrogen) atoms. The molecule has 11 heteroatoms. The first kappa shape index (κ1) is 30.2. The Hall–Kier alpha value is -2.79. The number of benzene rings is 1. The summed E-state index contributed by atoms with van der Waals surface area (Å²) in [6.45, 7) is 8.87. The lowest BCUT2D eigenvalue weighted by Crippen LogP contribution is -2.49. The van der Waals surface area contributed by atoms with Crippen molar-refractivity contribution in [2.24, 2.45) is 11.8 Å². The molecule has 1 aromatic rings. The zero-order valence-electron chi connectivity index (χ0n) is 21.2. The molecule has 2 atom stereocenters. The fourth-order valence-electron chi connectivity index (χ4n) is 3.14. The monoisotopic (exact) mass is 511 g/mol. The number of hydrogen-bond acceptors (Lipinski definition) is 8. The second kappa shape index (κ2) is 13.9. The molecule has 0 heterocycles. The number of amides is 3. The van der Waals surface area contributed by atoms with Gasteiger partial charge >= 0.3 is 5.97 Å². The van der Waals surface area contributed by atoms with Gasteiger partial charge in [-0.05, 0) is 57.4 Å². The summed E-state index contributed by atoms with van der Waals surface area (Å²) >= 11 is 1.18. The highest BCUT2D eigenvalue weighted by Gasteiger charge is 2.31. The lowest BCUT2D eigenvalue weighted by Gasteiger charge is -2.25. The molecule has 0 unspecified atom stereocenters. The Bertz CT molecular complexity index is 869. The molecule has 0 fully saturated rings. The molecule has 0 aliphatic rings. The summed E-state index contributed by atoms with van der Waals surface area (Å²) in [5.41, 5.74) is -0.746. The minimum atomic E-state index is -1.16. The van der Waals surface area contributed by atoms with E-state index in [1.165, 1.54) is 30.9 Å². The van der Waals surface area contributed by atoms with Gasteiger partial charge in [0.2, 0.25) is 17.7 Å². The van der Waals surface area contributed by atoms with Crippen LogP contribution in [0.2, 0.25) is 0 Å². The van der Waals surface area contributed by atoms with Crippen molar-refractivity contribution < 1.29 is 34.2 Å². The van der Waals surface area contributed by atoms with Gasteiger partial charge in [-0.2, -0.15) is 0 Å². The van der Waals surface area contributed by atoms with Crippen LogP contribution in [-0.2, 0) is 23.9 Å². The first-order valence-electron chi connectivity index (χ1n) is 11.4. The zero-order valence-corrected chi connectivity index (χ0v) is 22.0. The van der Waals surface area contributed by atoms with E-state index in [9.17, 15) is 29.5 Å². The van der Waals surface area contributed by atoms with Crippen LogP contribution in [0.1, 0.15) is 53.9 Å². The normalized spacial score (nSPS) is 13.0. The van der Waals surface area contributed by atoms with Crippen LogP contribution in [0.3, 0.4) is 0 Å². The smallest absolute Gasteiger partial charge is 0.308 e. The average molecular weight is 512 g/mol. The Morgan fingerprint density at radius 1 is 1.06 bits per heavy atom. The van der Waals surface area contributed by atoms with Gasteiger partial charge in [-0.25, -0.2) is 5.06 Å². The van der Waals surface area contributed by atoms with Crippen molar-refractivity contribution in [3.8, 4) is 5.75 Å². The molecule has 0 saturated heterocycles. The number of aromatic hydroxyl groups is 1. The SMILES string of the molecule is CNC(=O)[C@H](CC(=O)OC(C)(C)C)NC(=O)[C@@H](CC(=O)N(O)CSc1ccc(O)cc1)CC(C)C. The maximum Gasteiger partial charge on any atom is 0.308 e. The molecule has 196 valence electrons. The van der Waals surface area contributed by atoms with Crippen LogP contribution in [0.4, 0.5) is 0 Å². The highest BCUT2D eigenvalue weighted by Crippen LogP contribution is 2.23. The number of nitrogens with zero attached hydrogens (tertiary/aromatic N) is 1. The van der Waals surface area contributed by atoms with Gasteiger partial charge < -0.3 is 20.5 Å². The number of carbonyl (C=O) groups excluding carboxylic acids is 4. The van der Waals surface area contributed by atoms with Crippen molar-refractivity contribution in [2.75, 3.05) is 12.9 Å². The van der Waals surface area contributed by atoms with Crippen molar-refractivity contribution >= 4 is 35.5 Å². The third kappa shape index (κ3) is 11.9. The quantitative estimate of drug-likeness (QED) is 0.110. The molecular weight excluding hydrogens is 474 g/mol. The average Bonchev–Trinajstić information content (AvgIpc) is 2.75. The van der Waals surface area contributed by atoms with Crippen LogP contribution in [0.5, 0.6) is 5.75 Å². The number of rotatable bonds is 12. The molecule has 0 spiro atoms. The Balaban J connectivity index is 2.83. The third-order valence-electron chi connectivity index (χ3n) is 4.70. The Labute approximate surface area is 210 Å². The lowest BCUT2D eigenvalue weighted by molar-refractivity contribution is -0.163. The minimum Gasteiger partial charge on any atom is -0.508 e. The number of phenolic OH excluding ortho intramolecular Hbond substituents is 1. The summed E-state index contributed by atoms with van der Waals surface area (Å²) in [7, 11) is 1.39. The lowest BCUT2D eigenvalue weighted by atomic mass is 9.92. The van der Waals surface area contributed by atoms with Crippen molar-refractivity contribution in [3.63, 3.8) is 0 Å². The van der Waals surface area contributed by atoms with Gasteiger partial charge in [0, 0.05) is 24.3 Å². The molecule has 0 aliphatic heterocycles.